The fourth-order valence-electron chi connectivity index (χ4n) is 3.15. The number of halogens is 3. The average Bonchev–Trinajstić information content (AvgIpc) is 2.80. The van der Waals surface area contributed by atoms with E-state index in [-0.39, 0.29) is 30.6 Å². The number of aromatic nitrogens is 2. The Hall–Kier alpha value is -2.90. The average molecular weight is 506 g/mol. The van der Waals surface area contributed by atoms with Gasteiger partial charge in [0.1, 0.15) is 24.5 Å². The molecule has 0 bridgehead atoms. The van der Waals surface area contributed by atoms with Crippen LogP contribution in [0, 0.1) is 0 Å². The maximum absolute atomic E-state index is 12.7. The zero-order valence-corrected chi connectivity index (χ0v) is 20.1. The maximum Gasteiger partial charge on any atom is 0.194 e. The smallest absolute Gasteiger partial charge is 0.194 e. The summed E-state index contributed by atoms with van der Waals surface area (Å²) in [5, 5.41) is 7.52. The first-order chi connectivity index (χ1) is 15.2. The highest BCUT2D eigenvalue weighted by molar-refractivity contribution is 6.35. The van der Waals surface area contributed by atoms with Crippen LogP contribution >= 0.6 is 36.4 Å². The topological polar surface area (TPSA) is 76.1 Å². The maximum atomic E-state index is 12.7. The lowest BCUT2D eigenvalue weighted by atomic mass is 10.0. The van der Waals surface area contributed by atoms with E-state index in [4.69, 9.17) is 16.3 Å². The largest absolute Gasteiger partial charge is 0.492 e. The first kappa shape index (κ1) is 26.4. The van der Waals surface area contributed by atoms with E-state index in [1.807, 2.05) is 49.5 Å². The van der Waals surface area contributed by atoms with Crippen molar-refractivity contribution >= 4 is 64.6 Å². The number of anilines is 2. The van der Waals surface area contributed by atoms with E-state index in [1.54, 1.807) is 24.3 Å². The van der Waals surface area contributed by atoms with Crippen molar-refractivity contribution in [2.24, 2.45) is 0 Å². The summed E-state index contributed by atoms with van der Waals surface area (Å²) >= 11 is 6.44. The Balaban J connectivity index is 0.00000193. The quantitative estimate of drug-likeness (QED) is 0.236. The van der Waals surface area contributed by atoms with Crippen molar-refractivity contribution in [2.75, 3.05) is 25.5 Å². The Bertz CT molecular complexity index is 1220. The molecule has 9 heteroatoms. The number of hydrogen-bond acceptors (Lipinski definition) is 6. The molecule has 0 aliphatic heterocycles. The number of carbonyl (C=O) groups excluding carboxylic acids is 1. The van der Waals surface area contributed by atoms with Crippen LogP contribution in [0.2, 0.25) is 5.02 Å². The fourth-order valence-corrected chi connectivity index (χ4v) is 3.42. The number of likely N-dealkylation sites (N-methyl/N-ethyl adjacent to an activating group) is 1. The zero-order chi connectivity index (χ0) is 21.6. The third-order valence-electron chi connectivity index (χ3n) is 4.74. The second-order valence-corrected chi connectivity index (χ2v) is 7.28. The van der Waals surface area contributed by atoms with Crippen molar-refractivity contribution in [1.29, 1.82) is 0 Å². The monoisotopic (exact) mass is 504 g/mol. The van der Waals surface area contributed by atoms with Crippen molar-refractivity contribution in [3.05, 3.63) is 89.2 Å². The van der Waals surface area contributed by atoms with Gasteiger partial charge in [-0.25, -0.2) is 9.97 Å². The summed E-state index contributed by atoms with van der Waals surface area (Å²) in [7, 11) is 1.88. The summed E-state index contributed by atoms with van der Waals surface area (Å²) in [5.41, 5.74) is 2.56. The third-order valence-corrected chi connectivity index (χ3v) is 5.05. The molecule has 172 valence electrons. The van der Waals surface area contributed by atoms with Crippen LogP contribution in [0.1, 0.15) is 15.9 Å². The summed E-state index contributed by atoms with van der Waals surface area (Å²) < 4.78 is 5.76. The molecule has 33 heavy (non-hydrogen) atoms. The molecule has 2 N–H and O–H groups in total. The first-order valence-corrected chi connectivity index (χ1v) is 10.2. The van der Waals surface area contributed by atoms with Gasteiger partial charge in [0, 0.05) is 28.7 Å². The molecule has 1 heterocycles. The van der Waals surface area contributed by atoms with Gasteiger partial charge in [0.2, 0.25) is 0 Å². The molecule has 0 saturated heterocycles. The predicted octanol–water partition coefficient (Wildman–Crippen LogP) is 5.70. The number of ether oxygens (including phenoxy) is 1. The van der Waals surface area contributed by atoms with E-state index in [2.05, 4.69) is 20.6 Å². The lowest BCUT2D eigenvalue weighted by molar-refractivity contribution is 0.103. The highest BCUT2D eigenvalue weighted by Gasteiger charge is 2.14. The van der Waals surface area contributed by atoms with E-state index in [0.29, 0.717) is 28.6 Å². The molecule has 0 fully saturated rings. The number of hydrogen-bond donors (Lipinski definition) is 2. The van der Waals surface area contributed by atoms with Gasteiger partial charge in [-0.15, -0.1) is 24.8 Å². The van der Waals surface area contributed by atoms with Crippen molar-refractivity contribution in [3.63, 3.8) is 0 Å². The lowest BCUT2D eigenvalue weighted by Crippen LogP contribution is -2.15. The van der Waals surface area contributed by atoms with Gasteiger partial charge in [-0.05, 0) is 43.4 Å². The van der Waals surface area contributed by atoms with E-state index >= 15 is 0 Å². The molecule has 0 radical (unpaired) electrons. The molecule has 4 aromatic rings. The normalized spacial score (nSPS) is 10.1. The van der Waals surface area contributed by atoms with Gasteiger partial charge < -0.3 is 15.4 Å². The van der Waals surface area contributed by atoms with E-state index in [0.717, 1.165) is 28.9 Å². The molecular weight excluding hydrogens is 483 g/mol. The number of ketones is 1. The molecule has 6 nitrogen and oxygen atoms in total. The minimum Gasteiger partial charge on any atom is -0.492 e. The van der Waals surface area contributed by atoms with Gasteiger partial charge in [0.15, 0.2) is 5.78 Å². The summed E-state index contributed by atoms with van der Waals surface area (Å²) in [6.07, 6.45) is 1.50. The van der Waals surface area contributed by atoms with E-state index in [9.17, 15) is 4.79 Å². The van der Waals surface area contributed by atoms with Crippen LogP contribution in [-0.4, -0.2) is 36.0 Å². The molecule has 0 aliphatic rings. The third kappa shape index (κ3) is 6.33. The molecule has 0 amide bonds. The minimum absolute atomic E-state index is 0. The molecule has 4 rings (SSSR count). The van der Waals surface area contributed by atoms with Crippen molar-refractivity contribution < 1.29 is 9.53 Å². The number of nitrogens with one attached hydrogen (secondary N) is 2. The molecule has 0 unspecified atom stereocenters. The van der Waals surface area contributed by atoms with Gasteiger partial charge in [-0.1, -0.05) is 41.9 Å². The summed E-state index contributed by atoms with van der Waals surface area (Å²) in [4.78, 5) is 21.4. The van der Waals surface area contributed by atoms with Crippen molar-refractivity contribution in [1.82, 2.24) is 15.3 Å². The predicted molar refractivity (Wildman–Crippen MR) is 138 cm³/mol. The number of nitrogens with zero attached hydrogens (tertiary/aromatic N) is 2. The van der Waals surface area contributed by atoms with Crippen molar-refractivity contribution in [2.45, 2.75) is 0 Å². The van der Waals surface area contributed by atoms with Crippen molar-refractivity contribution in [3.8, 4) is 5.75 Å². The molecule has 0 atom stereocenters. The Morgan fingerprint density at radius 2 is 1.79 bits per heavy atom. The van der Waals surface area contributed by atoms with Gasteiger partial charge in [0.25, 0.3) is 0 Å². The summed E-state index contributed by atoms with van der Waals surface area (Å²) in [6, 6.07) is 20.0. The van der Waals surface area contributed by atoms with Gasteiger partial charge >= 0.3 is 0 Å². The molecule has 0 saturated carbocycles. The lowest BCUT2D eigenvalue weighted by Gasteiger charge is -2.12. The van der Waals surface area contributed by atoms with Crippen LogP contribution < -0.4 is 15.4 Å². The number of rotatable bonds is 8. The molecule has 3 aromatic carbocycles. The Morgan fingerprint density at radius 3 is 2.52 bits per heavy atom. The Labute approximate surface area is 209 Å². The summed E-state index contributed by atoms with van der Waals surface area (Å²) in [5.74, 6) is 1.25. The molecule has 0 aliphatic carbocycles. The van der Waals surface area contributed by atoms with Crippen LogP contribution in [0.25, 0.3) is 10.9 Å². The fraction of sp³-hybridized carbons (Fsp3) is 0.125. The van der Waals surface area contributed by atoms with Crippen LogP contribution in [0.5, 0.6) is 5.75 Å². The number of benzene rings is 3. The first-order valence-electron chi connectivity index (χ1n) is 9.84. The van der Waals surface area contributed by atoms with Gasteiger partial charge in [-0.3, -0.25) is 4.79 Å². The van der Waals surface area contributed by atoms with Crippen LogP contribution in [0.4, 0.5) is 11.5 Å². The van der Waals surface area contributed by atoms with Gasteiger partial charge in [-0.2, -0.15) is 0 Å². The van der Waals surface area contributed by atoms with Crippen LogP contribution in [0.3, 0.4) is 0 Å². The molecular formula is C24H23Cl3N4O2. The highest BCUT2D eigenvalue weighted by Crippen LogP contribution is 2.29. The minimum atomic E-state index is -0.118. The standard InChI is InChI=1S/C24H21ClN4O2.2ClH/c1-26-11-12-31-18-8-10-22-20(14-18)24(28-15-27-22)29-17-7-9-19(21(25)13-17)23(30)16-5-3-2-4-6-16;;/h2-10,13-15,26H,11-12H2,1H3,(H,27,28,29);2*1H. The van der Waals surface area contributed by atoms with Crippen LogP contribution in [-0.2, 0) is 0 Å². The zero-order valence-electron chi connectivity index (χ0n) is 17.7. The second kappa shape index (κ2) is 12.4. The van der Waals surface area contributed by atoms with E-state index < -0.39 is 0 Å². The summed E-state index contributed by atoms with van der Waals surface area (Å²) in [6.45, 7) is 1.31. The number of carbonyl (C=O) groups is 1. The Morgan fingerprint density at radius 1 is 1.00 bits per heavy atom. The highest BCUT2D eigenvalue weighted by atomic mass is 35.5. The van der Waals surface area contributed by atoms with Gasteiger partial charge in [0.05, 0.1) is 10.5 Å². The molecule has 0 spiro atoms. The van der Waals surface area contributed by atoms with E-state index in [1.165, 1.54) is 6.33 Å². The molecule has 1 aromatic heterocycles. The number of fused-ring (bicyclic) bond motifs is 1. The SMILES string of the molecule is CNCCOc1ccc2ncnc(Nc3ccc(C(=O)c4ccccc4)c(Cl)c3)c2c1.Cl.Cl. The Kier molecular flexibility index (Phi) is 9.88. The van der Waals surface area contributed by atoms with Crippen LogP contribution in [0.15, 0.2) is 73.1 Å². The second-order valence-electron chi connectivity index (χ2n) is 6.87.